The number of phenols is 1. The highest BCUT2D eigenvalue weighted by Gasteiger charge is 2.21. The van der Waals surface area contributed by atoms with Gasteiger partial charge in [0.05, 0.1) is 0 Å². The van der Waals surface area contributed by atoms with Crippen LogP contribution >= 0.6 is 0 Å². The standard InChI is InChI=1S/C18H17N2O4/c21-16-9-5-4-8-14(16)11-19-12-17(22)20-15(18(23)24)10-13-6-2-1-3-7-13/h1-9,11,21H,10,12H2,(H,20,22)(H,23,24). The van der Waals surface area contributed by atoms with Crippen molar-refractivity contribution in [2.75, 3.05) is 6.54 Å². The van der Waals surface area contributed by atoms with E-state index in [0.29, 0.717) is 5.56 Å². The first-order valence-electron chi connectivity index (χ1n) is 7.27. The summed E-state index contributed by atoms with van der Waals surface area (Å²) < 4.78 is 0. The van der Waals surface area contributed by atoms with Crippen LogP contribution in [0.2, 0.25) is 0 Å². The van der Waals surface area contributed by atoms with Gasteiger partial charge in [0, 0.05) is 18.2 Å². The van der Waals surface area contributed by atoms with Crippen molar-refractivity contribution in [3.63, 3.8) is 0 Å². The summed E-state index contributed by atoms with van der Waals surface area (Å²) in [6.45, 7) is -0.236. The van der Waals surface area contributed by atoms with Crippen molar-refractivity contribution in [1.29, 1.82) is 0 Å². The maximum Gasteiger partial charge on any atom is 0.332 e. The van der Waals surface area contributed by atoms with Crippen LogP contribution in [0.5, 0.6) is 5.75 Å². The van der Waals surface area contributed by atoms with Gasteiger partial charge in [0.15, 0.2) is 6.04 Å². The largest absolute Gasteiger partial charge is 0.507 e. The minimum absolute atomic E-state index is 0.0588. The number of aromatic hydroxyl groups is 1. The minimum atomic E-state index is -1.18. The fraction of sp³-hybridized carbons (Fsp3) is 0.111. The van der Waals surface area contributed by atoms with Gasteiger partial charge in [-0.05, 0) is 17.7 Å². The molecule has 6 heteroatoms. The molecule has 2 rings (SSSR count). The van der Waals surface area contributed by atoms with Crippen molar-refractivity contribution >= 4 is 18.1 Å². The molecule has 0 aliphatic heterocycles. The Bertz CT molecular complexity index is 729. The number of carbonyl (C=O) groups is 2. The third-order valence-electron chi connectivity index (χ3n) is 3.17. The molecule has 1 amide bonds. The Balaban J connectivity index is 1.91. The molecule has 24 heavy (non-hydrogen) atoms. The van der Waals surface area contributed by atoms with Gasteiger partial charge in [-0.1, -0.05) is 42.5 Å². The average Bonchev–Trinajstić information content (AvgIpc) is 2.57. The molecule has 0 saturated heterocycles. The first kappa shape index (κ1) is 17.2. The Hall–Kier alpha value is -3.15. The van der Waals surface area contributed by atoms with E-state index in [4.69, 9.17) is 0 Å². The fourth-order valence-electron chi connectivity index (χ4n) is 2.00. The normalized spacial score (nSPS) is 10.9. The number of hydrogen-bond donors (Lipinski definition) is 3. The van der Waals surface area contributed by atoms with Crippen LogP contribution in [0.15, 0.2) is 59.6 Å². The lowest BCUT2D eigenvalue weighted by molar-refractivity contribution is -0.137. The molecule has 2 aromatic carbocycles. The summed E-state index contributed by atoms with van der Waals surface area (Å²) in [7, 11) is 0. The quantitative estimate of drug-likeness (QED) is 0.676. The fourth-order valence-corrected chi connectivity index (χ4v) is 2.00. The summed E-state index contributed by atoms with van der Waals surface area (Å²) in [5.41, 5.74) is 1.27. The van der Waals surface area contributed by atoms with Crippen LogP contribution in [0.3, 0.4) is 0 Å². The highest BCUT2D eigenvalue weighted by molar-refractivity contribution is 5.92. The molecule has 0 aliphatic carbocycles. The van der Waals surface area contributed by atoms with Crippen LogP contribution in [-0.4, -0.2) is 34.8 Å². The molecule has 0 saturated carbocycles. The first-order chi connectivity index (χ1) is 11.6. The number of carboxylic acid groups (broad SMARTS) is 1. The number of hydrogen-bond acceptors (Lipinski definition) is 4. The third-order valence-corrected chi connectivity index (χ3v) is 3.17. The monoisotopic (exact) mass is 325 g/mol. The summed E-state index contributed by atoms with van der Waals surface area (Å²) in [5, 5.41) is 21.2. The zero-order valence-electron chi connectivity index (χ0n) is 12.8. The molecule has 0 heterocycles. The van der Waals surface area contributed by atoms with Crippen LogP contribution in [0.25, 0.3) is 0 Å². The summed E-state index contributed by atoms with van der Waals surface area (Å²) in [5.74, 6) is -1.66. The topological polar surface area (TPSA) is 99.0 Å². The van der Waals surface area contributed by atoms with Gasteiger partial charge in [-0.15, -0.1) is 0 Å². The van der Waals surface area contributed by atoms with E-state index >= 15 is 0 Å². The molecular formula is C18H17N2O4. The van der Waals surface area contributed by atoms with Gasteiger partial charge in [0.25, 0.3) is 0 Å². The van der Waals surface area contributed by atoms with Crippen molar-refractivity contribution in [1.82, 2.24) is 5.32 Å². The van der Waals surface area contributed by atoms with E-state index in [2.05, 4.69) is 10.3 Å². The lowest BCUT2D eigenvalue weighted by atomic mass is 10.1. The third kappa shape index (κ3) is 5.24. The Morgan fingerprint density at radius 1 is 1.04 bits per heavy atom. The van der Waals surface area contributed by atoms with E-state index in [0.717, 1.165) is 5.56 Å². The number of benzene rings is 2. The van der Waals surface area contributed by atoms with Gasteiger partial charge >= 0.3 is 5.97 Å². The zero-order chi connectivity index (χ0) is 17.4. The van der Waals surface area contributed by atoms with Gasteiger partial charge < -0.3 is 15.5 Å². The SMILES string of the molecule is O=C(CN=Cc1ccccc1O)N[C](Cc1ccccc1)C(=O)O. The van der Waals surface area contributed by atoms with Crippen LogP contribution in [0.4, 0.5) is 0 Å². The molecule has 6 nitrogen and oxygen atoms in total. The number of nitrogens with zero attached hydrogens (tertiary/aromatic N) is 1. The van der Waals surface area contributed by atoms with Crippen molar-refractivity contribution in [3.8, 4) is 5.75 Å². The molecule has 0 aliphatic rings. The minimum Gasteiger partial charge on any atom is -0.507 e. The molecule has 0 aromatic heterocycles. The number of para-hydroxylation sites is 1. The predicted molar refractivity (Wildman–Crippen MR) is 89.7 cm³/mol. The van der Waals surface area contributed by atoms with E-state index in [1.165, 1.54) is 12.3 Å². The number of nitrogens with one attached hydrogen (secondary N) is 1. The summed E-state index contributed by atoms with van der Waals surface area (Å²) in [4.78, 5) is 27.0. The van der Waals surface area contributed by atoms with Gasteiger partial charge in [-0.2, -0.15) is 0 Å². The molecule has 0 unspecified atom stereocenters. The van der Waals surface area contributed by atoms with Gasteiger partial charge in [0.1, 0.15) is 12.3 Å². The van der Waals surface area contributed by atoms with E-state index in [1.54, 1.807) is 42.5 Å². The maximum atomic E-state index is 11.9. The summed E-state index contributed by atoms with van der Waals surface area (Å²) in [6, 6.07) is 15.5. The van der Waals surface area contributed by atoms with Crippen molar-refractivity contribution in [2.24, 2.45) is 4.99 Å². The molecule has 2 aromatic rings. The number of phenolic OH excluding ortho intramolecular Hbond substituents is 1. The van der Waals surface area contributed by atoms with Crippen LogP contribution < -0.4 is 5.32 Å². The summed E-state index contributed by atoms with van der Waals surface area (Å²) in [6.07, 6.45) is 1.48. The average molecular weight is 325 g/mol. The van der Waals surface area contributed by atoms with Gasteiger partial charge in [0.2, 0.25) is 5.91 Å². The Kier molecular flexibility index (Phi) is 6.08. The zero-order valence-corrected chi connectivity index (χ0v) is 12.8. The molecule has 0 fully saturated rings. The Labute approximate surface area is 139 Å². The van der Waals surface area contributed by atoms with E-state index in [-0.39, 0.29) is 24.8 Å². The van der Waals surface area contributed by atoms with Crippen LogP contribution in [0, 0.1) is 6.04 Å². The lowest BCUT2D eigenvalue weighted by Gasteiger charge is -2.12. The number of aliphatic imine (C=N–C) groups is 1. The number of aliphatic carboxylic acids is 1. The molecule has 1 radical (unpaired) electrons. The Morgan fingerprint density at radius 3 is 2.38 bits per heavy atom. The van der Waals surface area contributed by atoms with E-state index < -0.39 is 11.9 Å². The smallest absolute Gasteiger partial charge is 0.332 e. The first-order valence-corrected chi connectivity index (χ1v) is 7.27. The second kappa shape index (κ2) is 8.47. The van der Waals surface area contributed by atoms with Crippen molar-refractivity contribution in [2.45, 2.75) is 6.42 Å². The van der Waals surface area contributed by atoms with E-state index in [9.17, 15) is 19.8 Å². The molecule has 0 bridgehead atoms. The second-order valence-corrected chi connectivity index (χ2v) is 5.02. The summed E-state index contributed by atoms with van der Waals surface area (Å²) >= 11 is 0. The molecular weight excluding hydrogens is 308 g/mol. The highest BCUT2D eigenvalue weighted by atomic mass is 16.4. The van der Waals surface area contributed by atoms with Crippen LogP contribution in [-0.2, 0) is 16.0 Å². The number of amides is 1. The lowest BCUT2D eigenvalue weighted by Crippen LogP contribution is -2.36. The van der Waals surface area contributed by atoms with Crippen molar-refractivity contribution in [3.05, 3.63) is 71.8 Å². The highest BCUT2D eigenvalue weighted by Crippen LogP contribution is 2.12. The van der Waals surface area contributed by atoms with E-state index in [1.807, 2.05) is 6.07 Å². The number of rotatable bonds is 7. The molecule has 0 atom stereocenters. The number of carboxylic acids is 1. The molecule has 3 N–H and O–H groups in total. The molecule has 123 valence electrons. The maximum absolute atomic E-state index is 11.9. The molecule has 0 spiro atoms. The van der Waals surface area contributed by atoms with Crippen LogP contribution in [0.1, 0.15) is 11.1 Å². The predicted octanol–water partition coefficient (Wildman–Crippen LogP) is 1.79. The van der Waals surface area contributed by atoms with Gasteiger partial charge in [-0.3, -0.25) is 9.79 Å². The second-order valence-electron chi connectivity index (χ2n) is 5.02. The van der Waals surface area contributed by atoms with Gasteiger partial charge in [-0.25, -0.2) is 4.79 Å². The number of carbonyl (C=O) groups excluding carboxylic acids is 1. The van der Waals surface area contributed by atoms with Crippen molar-refractivity contribution < 1.29 is 19.8 Å². The Morgan fingerprint density at radius 2 is 1.71 bits per heavy atom.